The summed E-state index contributed by atoms with van der Waals surface area (Å²) in [4.78, 5) is 9.00. The summed E-state index contributed by atoms with van der Waals surface area (Å²) >= 11 is 0. The van der Waals surface area contributed by atoms with Gasteiger partial charge >= 0.3 is 0 Å². The van der Waals surface area contributed by atoms with Gasteiger partial charge in [0.25, 0.3) is 0 Å². The van der Waals surface area contributed by atoms with Crippen LogP contribution in [0.4, 0.5) is 40.3 Å². The van der Waals surface area contributed by atoms with E-state index in [2.05, 4.69) is 66.6 Å². The molecule has 0 radical (unpaired) electrons. The summed E-state index contributed by atoms with van der Waals surface area (Å²) in [5.41, 5.74) is 8.12. The minimum atomic E-state index is -0.738. The summed E-state index contributed by atoms with van der Waals surface area (Å²) in [5, 5.41) is 2.19. The summed E-state index contributed by atoms with van der Waals surface area (Å²) < 4.78 is 69.3. The molecule has 0 N–H and O–H groups in total. The van der Waals surface area contributed by atoms with Crippen molar-refractivity contribution >= 4 is 44.6 Å². The second-order valence-corrected chi connectivity index (χ2v) is 18.8. The Balaban J connectivity index is 1.08. The van der Waals surface area contributed by atoms with Crippen molar-refractivity contribution in [1.29, 1.82) is 0 Å². The summed E-state index contributed by atoms with van der Waals surface area (Å²) in [6, 6.07) is 45.0. The van der Waals surface area contributed by atoms with Crippen molar-refractivity contribution < 1.29 is 22.3 Å². The normalized spacial score (nSPS) is 13.0. The first kappa shape index (κ1) is 41.6. The lowest BCUT2D eigenvalue weighted by Crippen LogP contribution is -2.25. The molecule has 324 valence electrons. The monoisotopic (exact) mass is 866 g/mol. The predicted octanol–water partition coefficient (Wildman–Crippen LogP) is 15.7. The molecule has 9 heteroatoms. The second kappa shape index (κ2) is 15.7. The first-order valence-electron chi connectivity index (χ1n) is 21.6. The lowest BCUT2D eigenvalue weighted by molar-refractivity contribution is 0.483. The lowest BCUT2D eigenvalue weighted by Gasteiger charge is -2.30. The standard InChI is InChI=1S/C56H46F4N4O/c1-55(2,3)36-20-21-61-53(28-36)64-49-15-8-7-14-45(49)46-19-18-44(32-52(46)64)65-43-13-11-12-42(31-43)62-33-63(51-17-10-9-16-50(51)62)54-47(34-22-38(57)29-39(58)23-34)26-37(56(4,5)6)27-48(54)35-24-40(59)30-41(60)25-35/h7-32H,33H2,1-6H3. The Morgan fingerprint density at radius 3 is 1.69 bits per heavy atom. The van der Waals surface area contributed by atoms with Crippen molar-refractivity contribution in [3.63, 3.8) is 0 Å². The molecule has 0 saturated carbocycles. The van der Waals surface area contributed by atoms with E-state index in [0.717, 1.165) is 62.4 Å². The Hall–Kier alpha value is -7.39. The van der Waals surface area contributed by atoms with Gasteiger partial charge < -0.3 is 14.5 Å². The van der Waals surface area contributed by atoms with Crippen LogP contribution < -0.4 is 14.5 Å². The van der Waals surface area contributed by atoms with Crippen molar-refractivity contribution in [1.82, 2.24) is 9.55 Å². The van der Waals surface area contributed by atoms with E-state index in [1.165, 1.54) is 29.8 Å². The Morgan fingerprint density at radius 2 is 1.06 bits per heavy atom. The Labute approximate surface area is 375 Å². The van der Waals surface area contributed by atoms with Crippen LogP contribution in [-0.4, -0.2) is 16.2 Å². The summed E-state index contributed by atoms with van der Waals surface area (Å²) in [5.74, 6) is -0.878. The number of nitrogens with zero attached hydrogens (tertiary/aromatic N) is 4. The van der Waals surface area contributed by atoms with Gasteiger partial charge in [0.2, 0.25) is 0 Å². The Morgan fingerprint density at radius 1 is 0.492 bits per heavy atom. The molecule has 10 rings (SSSR count). The van der Waals surface area contributed by atoms with Crippen LogP contribution in [0.25, 0.3) is 49.9 Å². The fourth-order valence-electron chi connectivity index (χ4n) is 8.96. The first-order valence-corrected chi connectivity index (χ1v) is 21.6. The average Bonchev–Trinajstić information content (AvgIpc) is 3.81. The number of rotatable bonds is 7. The molecule has 9 aromatic rings. The van der Waals surface area contributed by atoms with E-state index in [9.17, 15) is 0 Å². The van der Waals surface area contributed by atoms with Crippen LogP contribution >= 0.6 is 0 Å². The van der Waals surface area contributed by atoms with Crippen LogP contribution in [0.3, 0.4) is 0 Å². The number of hydrogen-bond donors (Lipinski definition) is 0. The molecule has 65 heavy (non-hydrogen) atoms. The number of benzene rings is 7. The summed E-state index contributed by atoms with van der Waals surface area (Å²) in [6.07, 6.45) is 1.87. The number of halogens is 4. The van der Waals surface area contributed by atoms with E-state index in [-0.39, 0.29) is 12.1 Å². The maximum absolute atomic E-state index is 15.1. The van der Waals surface area contributed by atoms with Gasteiger partial charge in [0.15, 0.2) is 0 Å². The third-order valence-corrected chi connectivity index (χ3v) is 12.2. The molecular formula is C56H46F4N4O. The molecular weight excluding hydrogens is 821 g/mol. The molecule has 1 aliphatic rings. The molecule has 7 aromatic carbocycles. The summed E-state index contributed by atoms with van der Waals surface area (Å²) in [7, 11) is 0. The molecule has 0 amide bonds. The lowest BCUT2D eigenvalue weighted by atomic mass is 9.82. The van der Waals surface area contributed by atoms with Crippen LogP contribution in [0.1, 0.15) is 52.7 Å². The predicted molar refractivity (Wildman–Crippen MR) is 255 cm³/mol. The van der Waals surface area contributed by atoms with Crippen molar-refractivity contribution in [3.05, 3.63) is 192 Å². The number of pyridine rings is 1. The number of hydrogen-bond acceptors (Lipinski definition) is 4. The SMILES string of the molecule is CC(C)(C)c1ccnc(-n2c3ccccc3c3ccc(Oc4cccc(N5CN(c6c(-c7cc(F)cc(F)c7)cc(C(C)(C)C)cc6-c6cc(F)cc(F)c6)c6ccccc65)c4)cc32)c1. The topological polar surface area (TPSA) is 33.5 Å². The zero-order chi connectivity index (χ0) is 45.4. The number of ether oxygens (including phenoxy) is 1. The largest absolute Gasteiger partial charge is 0.457 e. The third-order valence-electron chi connectivity index (χ3n) is 12.2. The maximum Gasteiger partial charge on any atom is 0.137 e. The van der Waals surface area contributed by atoms with Gasteiger partial charge in [-0.05, 0) is 124 Å². The number of anilines is 4. The van der Waals surface area contributed by atoms with Gasteiger partial charge in [-0.3, -0.25) is 4.57 Å². The van der Waals surface area contributed by atoms with E-state index in [0.29, 0.717) is 39.4 Å². The van der Waals surface area contributed by atoms with E-state index >= 15 is 17.6 Å². The van der Waals surface area contributed by atoms with Gasteiger partial charge in [-0.2, -0.15) is 0 Å². The van der Waals surface area contributed by atoms with Crippen LogP contribution in [0.15, 0.2) is 158 Å². The summed E-state index contributed by atoms with van der Waals surface area (Å²) in [6.45, 7) is 12.9. The zero-order valence-corrected chi connectivity index (χ0v) is 36.9. The minimum absolute atomic E-state index is 0.0640. The molecule has 0 fully saturated rings. The smallest absolute Gasteiger partial charge is 0.137 e. The quantitative estimate of drug-likeness (QED) is 0.149. The van der Waals surface area contributed by atoms with Crippen molar-refractivity contribution in [2.75, 3.05) is 16.5 Å². The van der Waals surface area contributed by atoms with Crippen molar-refractivity contribution in [3.8, 4) is 39.6 Å². The van der Waals surface area contributed by atoms with E-state index in [1.807, 2.05) is 111 Å². The highest BCUT2D eigenvalue weighted by molar-refractivity contribution is 6.09. The van der Waals surface area contributed by atoms with E-state index in [4.69, 9.17) is 9.72 Å². The van der Waals surface area contributed by atoms with Crippen LogP contribution in [-0.2, 0) is 10.8 Å². The molecule has 0 atom stereocenters. The van der Waals surface area contributed by atoms with Gasteiger partial charge in [0, 0.05) is 58.0 Å². The number of para-hydroxylation sites is 3. The fourth-order valence-corrected chi connectivity index (χ4v) is 8.96. The fraction of sp³-hybridized carbons (Fsp3) is 0.161. The van der Waals surface area contributed by atoms with Gasteiger partial charge in [-0.25, -0.2) is 22.5 Å². The van der Waals surface area contributed by atoms with Crippen LogP contribution in [0, 0.1) is 23.3 Å². The molecule has 5 nitrogen and oxygen atoms in total. The van der Waals surface area contributed by atoms with Crippen molar-refractivity contribution in [2.45, 2.75) is 52.4 Å². The molecule has 3 heterocycles. The highest BCUT2D eigenvalue weighted by Gasteiger charge is 2.33. The van der Waals surface area contributed by atoms with Gasteiger partial charge in [-0.15, -0.1) is 0 Å². The van der Waals surface area contributed by atoms with E-state index in [1.54, 1.807) is 0 Å². The average molecular weight is 867 g/mol. The van der Waals surface area contributed by atoms with Gasteiger partial charge in [0.05, 0.1) is 28.1 Å². The molecule has 0 bridgehead atoms. The highest BCUT2D eigenvalue weighted by Crippen LogP contribution is 2.52. The third kappa shape index (κ3) is 7.75. The number of fused-ring (bicyclic) bond motifs is 4. The minimum Gasteiger partial charge on any atom is -0.457 e. The molecule has 0 unspecified atom stereocenters. The van der Waals surface area contributed by atoms with Crippen LogP contribution in [0.5, 0.6) is 11.5 Å². The highest BCUT2D eigenvalue weighted by atomic mass is 19.1. The Kier molecular flexibility index (Phi) is 10.0. The Bertz CT molecular complexity index is 3210. The number of aromatic nitrogens is 2. The second-order valence-electron chi connectivity index (χ2n) is 18.8. The molecule has 0 aliphatic carbocycles. The zero-order valence-electron chi connectivity index (χ0n) is 36.9. The first-order chi connectivity index (χ1) is 31.1. The molecule has 0 saturated heterocycles. The van der Waals surface area contributed by atoms with Crippen LogP contribution in [0.2, 0.25) is 0 Å². The molecule has 2 aromatic heterocycles. The maximum atomic E-state index is 15.1. The molecule has 1 aliphatic heterocycles. The van der Waals surface area contributed by atoms with Crippen molar-refractivity contribution in [2.24, 2.45) is 0 Å². The molecule has 0 spiro atoms. The van der Waals surface area contributed by atoms with E-state index < -0.39 is 28.7 Å². The van der Waals surface area contributed by atoms with Gasteiger partial charge in [-0.1, -0.05) is 77.9 Å². The van der Waals surface area contributed by atoms with Gasteiger partial charge in [0.1, 0.15) is 47.3 Å².